The van der Waals surface area contributed by atoms with Gasteiger partial charge in [-0.2, -0.15) is 0 Å². The fourth-order valence-corrected chi connectivity index (χ4v) is 3.78. The van der Waals surface area contributed by atoms with Gasteiger partial charge in [0.15, 0.2) is 0 Å². The Hall–Kier alpha value is -0.380. The van der Waals surface area contributed by atoms with Crippen molar-refractivity contribution in [2.45, 2.75) is 52.6 Å². The van der Waals surface area contributed by atoms with Crippen LogP contribution in [0.1, 0.15) is 50.1 Å². The summed E-state index contributed by atoms with van der Waals surface area (Å²) in [5.41, 5.74) is 1.41. The van der Waals surface area contributed by atoms with E-state index in [1.807, 2.05) is 11.3 Å². The van der Waals surface area contributed by atoms with Gasteiger partial charge in [-0.05, 0) is 50.9 Å². The Labute approximate surface area is 123 Å². The van der Waals surface area contributed by atoms with E-state index >= 15 is 0 Å². The van der Waals surface area contributed by atoms with Crippen molar-refractivity contribution in [1.82, 2.24) is 10.2 Å². The molecule has 2 atom stereocenters. The predicted octanol–water partition coefficient (Wildman–Crippen LogP) is 4.07. The molecule has 0 radical (unpaired) electrons. The third-order valence-corrected chi connectivity index (χ3v) is 5.39. The van der Waals surface area contributed by atoms with Crippen LogP contribution in [0.2, 0.25) is 0 Å². The SMILES string of the molecule is CCC(CC)C(CNC(C)c1sccc1C)N(C)C. The Morgan fingerprint density at radius 1 is 1.26 bits per heavy atom. The molecule has 0 saturated carbocycles. The van der Waals surface area contributed by atoms with E-state index in [9.17, 15) is 0 Å². The molecule has 2 unspecified atom stereocenters. The van der Waals surface area contributed by atoms with Gasteiger partial charge in [-0.25, -0.2) is 0 Å². The van der Waals surface area contributed by atoms with Gasteiger partial charge < -0.3 is 10.2 Å². The average molecular weight is 282 g/mol. The van der Waals surface area contributed by atoms with Crippen LogP contribution in [0.4, 0.5) is 0 Å². The highest BCUT2D eigenvalue weighted by molar-refractivity contribution is 7.10. The van der Waals surface area contributed by atoms with Gasteiger partial charge in [0.25, 0.3) is 0 Å². The topological polar surface area (TPSA) is 15.3 Å². The maximum Gasteiger partial charge on any atom is 0.0389 e. The van der Waals surface area contributed by atoms with E-state index in [4.69, 9.17) is 0 Å². The Balaban J connectivity index is 2.59. The van der Waals surface area contributed by atoms with Gasteiger partial charge >= 0.3 is 0 Å². The lowest BCUT2D eigenvalue weighted by Crippen LogP contribution is -2.43. The van der Waals surface area contributed by atoms with Gasteiger partial charge in [-0.3, -0.25) is 0 Å². The Bertz CT molecular complexity index is 355. The molecule has 1 N–H and O–H groups in total. The highest BCUT2D eigenvalue weighted by Crippen LogP contribution is 2.24. The van der Waals surface area contributed by atoms with E-state index in [0.29, 0.717) is 12.1 Å². The molecule has 0 fully saturated rings. The first-order chi connectivity index (χ1) is 9.01. The standard InChI is InChI=1S/C16H30N2S/c1-7-14(8-2)15(18(5)6)11-17-13(4)16-12(3)9-10-19-16/h9-10,13-15,17H,7-8,11H2,1-6H3. The molecule has 2 nitrogen and oxygen atoms in total. The van der Waals surface area contributed by atoms with E-state index in [1.54, 1.807) is 0 Å². The van der Waals surface area contributed by atoms with Crippen LogP contribution in [-0.2, 0) is 0 Å². The Morgan fingerprint density at radius 3 is 2.32 bits per heavy atom. The molecular formula is C16H30N2S. The Kier molecular flexibility index (Phi) is 7.05. The van der Waals surface area contributed by atoms with Crippen molar-refractivity contribution < 1.29 is 0 Å². The monoisotopic (exact) mass is 282 g/mol. The normalized spacial score (nSPS) is 15.2. The fraction of sp³-hybridized carbons (Fsp3) is 0.750. The van der Waals surface area contributed by atoms with Crippen molar-refractivity contribution in [2.75, 3.05) is 20.6 Å². The number of hydrogen-bond acceptors (Lipinski definition) is 3. The number of nitrogens with zero attached hydrogens (tertiary/aromatic N) is 1. The molecule has 0 spiro atoms. The number of thiophene rings is 1. The van der Waals surface area contributed by atoms with Crippen LogP contribution in [0.5, 0.6) is 0 Å². The van der Waals surface area contributed by atoms with Gasteiger partial charge in [0, 0.05) is 23.5 Å². The zero-order valence-electron chi connectivity index (χ0n) is 13.4. The first-order valence-corrected chi connectivity index (χ1v) is 8.32. The van der Waals surface area contributed by atoms with Crippen molar-refractivity contribution in [1.29, 1.82) is 0 Å². The van der Waals surface area contributed by atoms with E-state index < -0.39 is 0 Å². The van der Waals surface area contributed by atoms with Crippen molar-refractivity contribution in [3.8, 4) is 0 Å². The second kappa shape index (κ2) is 8.03. The van der Waals surface area contributed by atoms with Crippen molar-refractivity contribution in [3.63, 3.8) is 0 Å². The summed E-state index contributed by atoms with van der Waals surface area (Å²) in [6, 6.07) is 3.29. The summed E-state index contributed by atoms with van der Waals surface area (Å²) >= 11 is 1.86. The summed E-state index contributed by atoms with van der Waals surface area (Å²) in [6.07, 6.45) is 2.51. The van der Waals surface area contributed by atoms with Gasteiger partial charge in [0.05, 0.1) is 0 Å². The van der Waals surface area contributed by atoms with E-state index in [2.05, 4.69) is 63.5 Å². The number of likely N-dealkylation sites (N-methyl/N-ethyl adjacent to an activating group) is 1. The molecule has 0 amide bonds. The molecule has 110 valence electrons. The number of nitrogens with one attached hydrogen (secondary N) is 1. The molecule has 0 bridgehead atoms. The maximum absolute atomic E-state index is 3.73. The van der Waals surface area contributed by atoms with Crippen LogP contribution in [0.3, 0.4) is 0 Å². The minimum absolute atomic E-state index is 0.455. The largest absolute Gasteiger partial charge is 0.308 e. The molecule has 0 aliphatic carbocycles. The molecule has 3 heteroatoms. The van der Waals surface area contributed by atoms with Crippen LogP contribution in [0.25, 0.3) is 0 Å². The lowest BCUT2D eigenvalue weighted by atomic mass is 9.93. The molecule has 1 heterocycles. The smallest absolute Gasteiger partial charge is 0.0389 e. The summed E-state index contributed by atoms with van der Waals surface area (Å²) in [6.45, 7) is 10.2. The predicted molar refractivity (Wildman–Crippen MR) is 87.0 cm³/mol. The molecular weight excluding hydrogens is 252 g/mol. The van der Waals surface area contributed by atoms with Gasteiger partial charge in [0.1, 0.15) is 0 Å². The van der Waals surface area contributed by atoms with E-state index in [1.165, 1.54) is 23.3 Å². The summed E-state index contributed by atoms with van der Waals surface area (Å²) in [4.78, 5) is 3.85. The first-order valence-electron chi connectivity index (χ1n) is 7.45. The molecule has 0 saturated heterocycles. The second-order valence-corrected chi connectivity index (χ2v) is 6.65. The van der Waals surface area contributed by atoms with Gasteiger partial charge in [0.2, 0.25) is 0 Å². The van der Waals surface area contributed by atoms with Crippen LogP contribution in [0, 0.1) is 12.8 Å². The zero-order chi connectivity index (χ0) is 14.4. The van der Waals surface area contributed by atoms with Crippen LogP contribution < -0.4 is 5.32 Å². The molecule has 0 aliphatic heterocycles. The van der Waals surface area contributed by atoms with Gasteiger partial charge in [-0.15, -0.1) is 11.3 Å². The van der Waals surface area contributed by atoms with Crippen LogP contribution >= 0.6 is 11.3 Å². The quantitative estimate of drug-likeness (QED) is 0.773. The number of hydrogen-bond donors (Lipinski definition) is 1. The van der Waals surface area contributed by atoms with Crippen molar-refractivity contribution >= 4 is 11.3 Å². The van der Waals surface area contributed by atoms with Crippen LogP contribution in [-0.4, -0.2) is 31.6 Å². The number of aryl methyl sites for hydroxylation is 1. The van der Waals surface area contributed by atoms with E-state index in [0.717, 1.165) is 12.5 Å². The molecule has 1 aromatic rings. The first kappa shape index (κ1) is 16.7. The third-order valence-electron chi connectivity index (χ3n) is 4.18. The molecule has 19 heavy (non-hydrogen) atoms. The second-order valence-electron chi connectivity index (χ2n) is 5.71. The van der Waals surface area contributed by atoms with Crippen molar-refractivity contribution in [3.05, 3.63) is 21.9 Å². The highest BCUT2D eigenvalue weighted by Gasteiger charge is 2.21. The molecule has 0 aromatic carbocycles. The number of rotatable bonds is 8. The minimum atomic E-state index is 0.455. The lowest BCUT2D eigenvalue weighted by Gasteiger charge is -2.32. The lowest BCUT2D eigenvalue weighted by molar-refractivity contribution is 0.190. The van der Waals surface area contributed by atoms with Crippen LogP contribution in [0.15, 0.2) is 11.4 Å². The van der Waals surface area contributed by atoms with Crippen molar-refractivity contribution in [2.24, 2.45) is 5.92 Å². The summed E-state index contributed by atoms with van der Waals surface area (Å²) < 4.78 is 0. The van der Waals surface area contributed by atoms with Gasteiger partial charge in [-0.1, -0.05) is 26.7 Å². The Morgan fingerprint density at radius 2 is 1.89 bits per heavy atom. The zero-order valence-corrected chi connectivity index (χ0v) is 14.2. The minimum Gasteiger partial charge on any atom is -0.308 e. The van der Waals surface area contributed by atoms with E-state index in [-0.39, 0.29) is 0 Å². The molecule has 1 rings (SSSR count). The highest BCUT2D eigenvalue weighted by atomic mass is 32.1. The molecule has 0 aliphatic rings. The summed E-state index contributed by atoms with van der Waals surface area (Å²) in [5, 5.41) is 5.91. The third kappa shape index (κ3) is 4.59. The molecule has 1 aromatic heterocycles. The summed E-state index contributed by atoms with van der Waals surface area (Å²) in [5.74, 6) is 0.777. The maximum atomic E-state index is 3.73. The summed E-state index contributed by atoms with van der Waals surface area (Å²) in [7, 11) is 4.40. The fourth-order valence-electron chi connectivity index (χ4n) is 2.82. The average Bonchev–Trinajstić information content (AvgIpc) is 2.80.